The van der Waals surface area contributed by atoms with Gasteiger partial charge in [-0.3, -0.25) is 4.79 Å². The first-order valence-electron chi connectivity index (χ1n) is 8.12. The molecule has 1 unspecified atom stereocenters. The second-order valence-electron chi connectivity index (χ2n) is 6.23. The summed E-state index contributed by atoms with van der Waals surface area (Å²) in [4.78, 5) is 18.8. The standard InChI is InChI=1S/C18H23N3OS/c1-13-3-4-15(11-14(13)2)5-6-17(22)20-16-7-9-21(12-16)18-19-8-10-23-18/h3-4,8,10-11,16H,5-7,9,12H2,1-2H3,(H,20,22). The van der Waals surface area contributed by atoms with Crippen LogP contribution in [0.5, 0.6) is 0 Å². The normalized spacial score (nSPS) is 17.5. The van der Waals surface area contributed by atoms with E-state index in [2.05, 4.69) is 47.2 Å². The van der Waals surface area contributed by atoms with Crippen LogP contribution >= 0.6 is 11.3 Å². The van der Waals surface area contributed by atoms with Gasteiger partial charge in [0.05, 0.1) is 0 Å². The topological polar surface area (TPSA) is 45.2 Å². The van der Waals surface area contributed by atoms with E-state index in [4.69, 9.17) is 0 Å². The van der Waals surface area contributed by atoms with Crippen LogP contribution in [0.25, 0.3) is 0 Å². The van der Waals surface area contributed by atoms with E-state index >= 15 is 0 Å². The van der Waals surface area contributed by atoms with Gasteiger partial charge in [-0.15, -0.1) is 11.3 Å². The van der Waals surface area contributed by atoms with Crippen LogP contribution in [-0.4, -0.2) is 30.0 Å². The highest BCUT2D eigenvalue weighted by Gasteiger charge is 2.25. The van der Waals surface area contributed by atoms with E-state index in [1.165, 1.54) is 16.7 Å². The van der Waals surface area contributed by atoms with E-state index in [9.17, 15) is 4.79 Å². The predicted molar refractivity (Wildman–Crippen MR) is 95.1 cm³/mol. The van der Waals surface area contributed by atoms with Crippen molar-refractivity contribution in [2.24, 2.45) is 0 Å². The molecule has 4 nitrogen and oxygen atoms in total. The molecule has 5 heteroatoms. The number of amides is 1. The summed E-state index contributed by atoms with van der Waals surface area (Å²) in [5.41, 5.74) is 3.82. The molecule has 0 saturated carbocycles. The van der Waals surface area contributed by atoms with Crippen LogP contribution in [0.4, 0.5) is 5.13 Å². The van der Waals surface area contributed by atoms with E-state index in [1.807, 2.05) is 11.6 Å². The third kappa shape index (κ3) is 4.10. The van der Waals surface area contributed by atoms with Gasteiger partial charge in [-0.1, -0.05) is 18.2 Å². The minimum absolute atomic E-state index is 0.147. The zero-order valence-corrected chi connectivity index (χ0v) is 14.5. The number of rotatable bonds is 5. The number of thiazole rings is 1. The Hall–Kier alpha value is -1.88. The second kappa shape index (κ2) is 7.13. The van der Waals surface area contributed by atoms with Crippen molar-refractivity contribution in [3.8, 4) is 0 Å². The molecule has 1 amide bonds. The fourth-order valence-corrected chi connectivity index (χ4v) is 3.62. The van der Waals surface area contributed by atoms with Crippen LogP contribution in [-0.2, 0) is 11.2 Å². The van der Waals surface area contributed by atoms with Crippen molar-refractivity contribution >= 4 is 22.4 Å². The number of carbonyl (C=O) groups excluding carboxylic acids is 1. The molecular formula is C18H23N3OS. The average Bonchev–Trinajstić information content (AvgIpc) is 3.19. The van der Waals surface area contributed by atoms with Crippen molar-refractivity contribution in [1.82, 2.24) is 10.3 Å². The smallest absolute Gasteiger partial charge is 0.220 e. The molecule has 1 aromatic heterocycles. The Morgan fingerprint density at radius 1 is 1.39 bits per heavy atom. The highest BCUT2D eigenvalue weighted by Crippen LogP contribution is 2.22. The lowest BCUT2D eigenvalue weighted by Gasteiger charge is -2.15. The van der Waals surface area contributed by atoms with Crippen molar-refractivity contribution in [2.75, 3.05) is 18.0 Å². The van der Waals surface area contributed by atoms with Gasteiger partial charge in [0.25, 0.3) is 0 Å². The van der Waals surface area contributed by atoms with Gasteiger partial charge < -0.3 is 10.2 Å². The molecule has 0 spiro atoms. The summed E-state index contributed by atoms with van der Waals surface area (Å²) >= 11 is 1.65. The van der Waals surface area contributed by atoms with Crippen molar-refractivity contribution in [3.05, 3.63) is 46.5 Å². The molecule has 0 radical (unpaired) electrons. The molecule has 1 aliphatic heterocycles. The quantitative estimate of drug-likeness (QED) is 0.917. The Bertz CT molecular complexity index is 669. The molecule has 1 atom stereocenters. The maximum atomic E-state index is 12.2. The molecule has 122 valence electrons. The Balaban J connectivity index is 1.45. The Morgan fingerprint density at radius 2 is 2.26 bits per heavy atom. The van der Waals surface area contributed by atoms with Crippen LogP contribution in [0.1, 0.15) is 29.5 Å². The number of anilines is 1. The van der Waals surface area contributed by atoms with Crippen LogP contribution < -0.4 is 10.2 Å². The number of nitrogens with zero attached hydrogens (tertiary/aromatic N) is 2. The van der Waals surface area contributed by atoms with Gasteiger partial charge in [0.15, 0.2) is 5.13 Å². The lowest BCUT2D eigenvalue weighted by Crippen LogP contribution is -2.37. The summed E-state index contributed by atoms with van der Waals surface area (Å²) in [6.07, 6.45) is 4.18. The van der Waals surface area contributed by atoms with E-state index in [1.54, 1.807) is 11.3 Å². The summed E-state index contributed by atoms with van der Waals surface area (Å²) in [7, 11) is 0. The summed E-state index contributed by atoms with van der Waals surface area (Å²) in [6.45, 7) is 6.06. The largest absolute Gasteiger partial charge is 0.352 e. The minimum atomic E-state index is 0.147. The third-order valence-electron chi connectivity index (χ3n) is 4.46. The van der Waals surface area contributed by atoms with Crippen molar-refractivity contribution in [1.29, 1.82) is 0 Å². The minimum Gasteiger partial charge on any atom is -0.352 e. The summed E-state index contributed by atoms with van der Waals surface area (Å²) in [6, 6.07) is 6.68. The Morgan fingerprint density at radius 3 is 3.00 bits per heavy atom. The summed E-state index contributed by atoms with van der Waals surface area (Å²) < 4.78 is 0. The van der Waals surface area contributed by atoms with Gasteiger partial charge in [0.2, 0.25) is 5.91 Å². The number of carbonyl (C=O) groups is 1. The molecule has 23 heavy (non-hydrogen) atoms. The number of aryl methyl sites for hydroxylation is 3. The number of benzene rings is 1. The van der Waals surface area contributed by atoms with E-state index in [0.717, 1.165) is 31.1 Å². The van der Waals surface area contributed by atoms with E-state index < -0.39 is 0 Å². The lowest BCUT2D eigenvalue weighted by molar-refractivity contribution is -0.121. The number of hydrogen-bond acceptors (Lipinski definition) is 4. The van der Waals surface area contributed by atoms with E-state index in [0.29, 0.717) is 6.42 Å². The van der Waals surface area contributed by atoms with Crippen molar-refractivity contribution in [2.45, 2.75) is 39.2 Å². The highest BCUT2D eigenvalue weighted by atomic mass is 32.1. The monoisotopic (exact) mass is 329 g/mol. The number of aromatic nitrogens is 1. The predicted octanol–water partition coefficient (Wildman–Crippen LogP) is 3.09. The van der Waals surface area contributed by atoms with Crippen molar-refractivity contribution in [3.63, 3.8) is 0 Å². The maximum Gasteiger partial charge on any atom is 0.220 e. The molecular weight excluding hydrogens is 306 g/mol. The first-order valence-corrected chi connectivity index (χ1v) is 9.00. The first-order chi connectivity index (χ1) is 11.1. The Labute approximate surface area is 141 Å². The van der Waals surface area contributed by atoms with Crippen LogP contribution in [0, 0.1) is 13.8 Å². The molecule has 3 rings (SSSR count). The fourth-order valence-electron chi connectivity index (χ4n) is 2.94. The van der Waals surface area contributed by atoms with Gasteiger partial charge >= 0.3 is 0 Å². The number of nitrogens with one attached hydrogen (secondary N) is 1. The van der Waals surface area contributed by atoms with Gasteiger partial charge in [-0.05, 0) is 43.4 Å². The van der Waals surface area contributed by atoms with Crippen LogP contribution in [0.3, 0.4) is 0 Å². The molecule has 1 aliphatic rings. The van der Waals surface area contributed by atoms with Gasteiger partial charge in [0.1, 0.15) is 0 Å². The molecule has 0 aliphatic carbocycles. The molecule has 1 saturated heterocycles. The molecule has 1 N–H and O–H groups in total. The summed E-state index contributed by atoms with van der Waals surface area (Å²) in [5.74, 6) is 0.147. The van der Waals surface area contributed by atoms with Gasteiger partial charge in [0, 0.05) is 37.1 Å². The molecule has 0 bridgehead atoms. The first kappa shape index (κ1) is 16.0. The van der Waals surface area contributed by atoms with E-state index in [-0.39, 0.29) is 11.9 Å². The summed E-state index contributed by atoms with van der Waals surface area (Å²) in [5, 5.41) is 6.21. The maximum absolute atomic E-state index is 12.2. The van der Waals surface area contributed by atoms with Gasteiger partial charge in [-0.25, -0.2) is 4.98 Å². The molecule has 1 aromatic carbocycles. The van der Waals surface area contributed by atoms with Gasteiger partial charge in [-0.2, -0.15) is 0 Å². The number of hydrogen-bond donors (Lipinski definition) is 1. The van der Waals surface area contributed by atoms with Crippen LogP contribution in [0.2, 0.25) is 0 Å². The third-order valence-corrected chi connectivity index (χ3v) is 5.29. The lowest BCUT2D eigenvalue weighted by atomic mass is 10.0. The highest BCUT2D eigenvalue weighted by molar-refractivity contribution is 7.13. The Kier molecular flexibility index (Phi) is 4.96. The molecule has 2 heterocycles. The molecule has 2 aromatic rings. The average molecular weight is 329 g/mol. The SMILES string of the molecule is Cc1ccc(CCC(=O)NC2CCN(c3nccs3)C2)cc1C. The zero-order valence-electron chi connectivity index (χ0n) is 13.7. The van der Waals surface area contributed by atoms with Crippen molar-refractivity contribution < 1.29 is 4.79 Å². The second-order valence-corrected chi connectivity index (χ2v) is 7.11. The fraction of sp³-hybridized carbons (Fsp3) is 0.444. The zero-order chi connectivity index (χ0) is 16.2. The molecule has 1 fully saturated rings. The van der Waals surface area contributed by atoms with Crippen LogP contribution in [0.15, 0.2) is 29.8 Å².